The first-order chi connectivity index (χ1) is 15.0. The van der Waals surface area contributed by atoms with Crippen LogP contribution in [0.4, 0.5) is 0 Å². The van der Waals surface area contributed by atoms with Crippen molar-refractivity contribution in [3.05, 3.63) is 101 Å². The Bertz CT molecular complexity index is 1340. The van der Waals surface area contributed by atoms with Crippen molar-refractivity contribution >= 4 is 5.91 Å². The quantitative estimate of drug-likeness (QED) is 0.508. The number of benzene rings is 2. The highest BCUT2D eigenvalue weighted by Crippen LogP contribution is 2.31. The Morgan fingerprint density at radius 1 is 1.00 bits per heavy atom. The van der Waals surface area contributed by atoms with E-state index in [2.05, 4.69) is 38.1 Å². The van der Waals surface area contributed by atoms with Crippen LogP contribution in [0.25, 0.3) is 11.5 Å². The van der Waals surface area contributed by atoms with Gasteiger partial charge >= 0.3 is 0 Å². The maximum atomic E-state index is 13.1. The SMILES string of the molecule is Cc1ccc(-n2nc3c(c2-n2cccc2)CN(C(=O)c2cccc(C#N)c2)C3)cc1C. The Labute approximate surface area is 180 Å². The van der Waals surface area contributed by atoms with E-state index in [-0.39, 0.29) is 5.91 Å². The van der Waals surface area contributed by atoms with Crippen molar-refractivity contribution in [2.24, 2.45) is 0 Å². The number of fused-ring (bicyclic) bond motifs is 1. The summed E-state index contributed by atoms with van der Waals surface area (Å²) in [6.45, 7) is 5.11. The molecule has 1 aliphatic rings. The maximum Gasteiger partial charge on any atom is 0.254 e. The molecule has 0 bridgehead atoms. The third-order valence-electron chi connectivity index (χ3n) is 5.84. The van der Waals surface area contributed by atoms with E-state index >= 15 is 0 Å². The number of nitriles is 1. The van der Waals surface area contributed by atoms with Gasteiger partial charge in [-0.1, -0.05) is 12.1 Å². The molecule has 0 saturated heterocycles. The van der Waals surface area contributed by atoms with E-state index in [1.807, 2.05) is 33.8 Å². The molecular formula is C25H21N5O. The second-order valence-corrected chi connectivity index (χ2v) is 7.87. The molecule has 0 aliphatic carbocycles. The highest BCUT2D eigenvalue weighted by Gasteiger charge is 2.32. The molecule has 2 aromatic heterocycles. The number of aromatic nitrogens is 3. The Hall–Kier alpha value is -4.11. The average Bonchev–Trinajstić information content (AvgIpc) is 3.51. The fourth-order valence-corrected chi connectivity index (χ4v) is 4.03. The van der Waals surface area contributed by atoms with Crippen molar-refractivity contribution in [1.29, 1.82) is 5.26 Å². The van der Waals surface area contributed by atoms with Crippen LogP contribution in [-0.4, -0.2) is 25.2 Å². The highest BCUT2D eigenvalue weighted by molar-refractivity contribution is 5.95. The van der Waals surface area contributed by atoms with E-state index < -0.39 is 0 Å². The van der Waals surface area contributed by atoms with Crippen LogP contribution in [-0.2, 0) is 13.1 Å². The lowest BCUT2D eigenvalue weighted by Crippen LogP contribution is -2.26. The minimum absolute atomic E-state index is 0.0914. The number of carbonyl (C=O) groups is 1. The van der Waals surface area contributed by atoms with Gasteiger partial charge in [-0.25, -0.2) is 4.68 Å². The second kappa shape index (κ2) is 7.29. The number of hydrogen-bond acceptors (Lipinski definition) is 3. The lowest BCUT2D eigenvalue weighted by Gasteiger charge is -2.18. The molecule has 0 unspecified atom stereocenters. The van der Waals surface area contributed by atoms with Crippen molar-refractivity contribution in [3.8, 4) is 17.6 Å². The largest absolute Gasteiger partial charge is 0.328 e. The lowest BCUT2D eigenvalue weighted by molar-refractivity contribution is 0.0749. The zero-order valence-electron chi connectivity index (χ0n) is 17.4. The van der Waals surface area contributed by atoms with E-state index in [1.165, 1.54) is 11.1 Å². The third-order valence-corrected chi connectivity index (χ3v) is 5.84. The first-order valence-electron chi connectivity index (χ1n) is 10.2. The Balaban J connectivity index is 1.54. The molecule has 4 aromatic rings. The van der Waals surface area contributed by atoms with Crippen LogP contribution < -0.4 is 0 Å². The first kappa shape index (κ1) is 18.9. The van der Waals surface area contributed by atoms with E-state index in [9.17, 15) is 4.79 Å². The number of nitrogens with zero attached hydrogens (tertiary/aromatic N) is 5. The van der Waals surface area contributed by atoms with Crippen LogP contribution >= 0.6 is 0 Å². The monoisotopic (exact) mass is 407 g/mol. The lowest BCUT2D eigenvalue weighted by atomic mass is 10.1. The van der Waals surface area contributed by atoms with E-state index in [4.69, 9.17) is 10.4 Å². The molecule has 2 aromatic carbocycles. The topological polar surface area (TPSA) is 66.8 Å². The van der Waals surface area contributed by atoms with Crippen LogP contribution in [0.3, 0.4) is 0 Å². The number of rotatable bonds is 3. The Morgan fingerprint density at radius 2 is 1.81 bits per heavy atom. The molecule has 0 fully saturated rings. The summed E-state index contributed by atoms with van der Waals surface area (Å²) in [6, 6.07) is 19.2. The average molecular weight is 407 g/mol. The summed E-state index contributed by atoms with van der Waals surface area (Å²) >= 11 is 0. The number of aryl methyl sites for hydroxylation is 2. The Kier molecular flexibility index (Phi) is 4.45. The molecule has 152 valence electrons. The zero-order chi connectivity index (χ0) is 21.5. The van der Waals surface area contributed by atoms with Crippen molar-refractivity contribution in [2.45, 2.75) is 26.9 Å². The van der Waals surface area contributed by atoms with E-state index in [1.54, 1.807) is 29.2 Å². The fraction of sp³-hybridized carbons (Fsp3) is 0.160. The molecule has 6 heteroatoms. The summed E-state index contributed by atoms with van der Waals surface area (Å²) in [5.41, 5.74) is 6.39. The van der Waals surface area contributed by atoms with Crippen molar-refractivity contribution < 1.29 is 4.79 Å². The minimum atomic E-state index is -0.0914. The molecule has 3 heterocycles. The molecule has 31 heavy (non-hydrogen) atoms. The normalized spacial score (nSPS) is 12.6. The fourth-order valence-electron chi connectivity index (χ4n) is 4.03. The van der Waals surface area contributed by atoms with E-state index in [0.29, 0.717) is 24.2 Å². The molecule has 6 nitrogen and oxygen atoms in total. The van der Waals surface area contributed by atoms with Crippen molar-refractivity contribution in [2.75, 3.05) is 0 Å². The van der Waals surface area contributed by atoms with Gasteiger partial charge in [-0.15, -0.1) is 0 Å². The minimum Gasteiger partial charge on any atom is -0.328 e. The molecule has 1 aliphatic heterocycles. The highest BCUT2D eigenvalue weighted by atomic mass is 16.2. The summed E-state index contributed by atoms with van der Waals surface area (Å²) in [5, 5.41) is 14.0. The summed E-state index contributed by atoms with van der Waals surface area (Å²) in [6.07, 6.45) is 3.99. The van der Waals surface area contributed by atoms with Crippen LogP contribution in [0.1, 0.15) is 38.3 Å². The summed E-state index contributed by atoms with van der Waals surface area (Å²) in [5.74, 6) is 0.857. The van der Waals surface area contributed by atoms with Gasteiger partial charge in [0.05, 0.1) is 36.1 Å². The predicted octanol–water partition coefficient (Wildman–Crippen LogP) is 4.31. The zero-order valence-corrected chi connectivity index (χ0v) is 17.4. The van der Waals surface area contributed by atoms with Gasteiger partial charge in [-0.2, -0.15) is 10.4 Å². The molecular weight excluding hydrogens is 386 g/mol. The molecule has 0 atom stereocenters. The predicted molar refractivity (Wildman–Crippen MR) is 117 cm³/mol. The summed E-state index contributed by atoms with van der Waals surface area (Å²) in [7, 11) is 0. The molecule has 0 radical (unpaired) electrons. The van der Waals surface area contributed by atoms with Gasteiger partial charge in [0.25, 0.3) is 5.91 Å². The van der Waals surface area contributed by atoms with Gasteiger partial charge in [0.2, 0.25) is 0 Å². The molecule has 0 saturated carbocycles. The van der Waals surface area contributed by atoms with Gasteiger partial charge in [-0.05, 0) is 67.4 Å². The van der Waals surface area contributed by atoms with Crippen LogP contribution in [0.15, 0.2) is 67.0 Å². The number of carbonyl (C=O) groups excluding carboxylic acids is 1. The second-order valence-electron chi connectivity index (χ2n) is 7.87. The van der Waals surface area contributed by atoms with Crippen molar-refractivity contribution in [1.82, 2.24) is 19.2 Å². The first-order valence-corrected chi connectivity index (χ1v) is 10.2. The third kappa shape index (κ3) is 3.21. The molecule has 5 rings (SSSR count). The summed E-state index contributed by atoms with van der Waals surface area (Å²) in [4.78, 5) is 14.9. The number of hydrogen-bond donors (Lipinski definition) is 0. The number of amides is 1. The smallest absolute Gasteiger partial charge is 0.254 e. The van der Waals surface area contributed by atoms with Crippen LogP contribution in [0.5, 0.6) is 0 Å². The van der Waals surface area contributed by atoms with Gasteiger partial charge < -0.3 is 9.47 Å². The molecule has 0 spiro atoms. The molecule has 0 N–H and O–H groups in total. The van der Waals surface area contributed by atoms with Gasteiger partial charge in [0, 0.05) is 23.5 Å². The Morgan fingerprint density at radius 3 is 2.55 bits per heavy atom. The van der Waals surface area contributed by atoms with Crippen LogP contribution in [0.2, 0.25) is 0 Å². The van der Waals surface area contributed by atoms with Gasteiger partial charge in [0.15, 0.2) is 0 Å². The van der Waals surface area contributed by atoms with Gasteiger partial charge in [-0.3, -0.25) is 4.79 Å². The van der Waals surface area contributed by atoms with Crippen LogP contribution in [0, 0.1) is 25.2 Å². The standard InChI is InChI=1S/C25H21N5O/c1-17-8-9-21(12-18(17)2)30-24(28-10-3-4-11-28)22-15-29(16-23(22)27-30)25(31)20-7-5-6-19(13-20)14-26/h3-13H,15-16H2,1-2H3. The van der Waals surface area contributed by atoms with Crippen molar-refractivity contribution in [3.63, 3.8) is 0 Å². The van der Waals surface area contributed by atoms with Gasteiger partial charge in [0.1, 0.15) is 5.82 Å². The summed E-state index contributed by atoms with van der Waals surface area (Å²) < 4.78 is 4.01. The maximum absolute atomic E-state index is 13.1. The molecule has 1 amide bonds. The van der Waals surface area contributed by atoms with E-state index in [0.717, 1.165) is 22.8 Å².